The van der Waals surface area contributed by atoms with E-state index in [-0.39, 0.29) is 25.5 Å². The van der Waals surface area contributed by atoms with Crippen LogP contribution in [0.4, 0.5) is 4.79 Å². The molecule has 7 nitrogen and oxygen atoms in total. The number of piperidine rings is 1. The molecular weight excluding hydrogens is 396 g/mol. The lowest BCUT2D eigenvalue weighted by Crippen LogP contribution is -2.45. The van der Waals surface area contributed by atoms with Crippen molar-refractivity contribution in [3.8, 4) is 0 Å². The molecule has 2 aromatic carbocycles. The second-order valence-corrected chi connectivity index (χ2v) is 7.50. The number of hydrogen-bond donors (Lipinski definition) is 1. The van der Waals surface area contributed by atoms with Crippen molar-refractivity contribution in [3.05, 3.63) is 71.8 Å². The van der Waals surface area contributed by atoms with Gasteiger partial charge in [0.25, 0.3) is 5.91 Å². The lowest BCUT2D eigenvalue weighted by molar-refractivity contribution is -0.154. The summed E-state index contributed by atoms with van der Waals surface area (Å²) in [5.41, 5.74) is 1.70. The zero-order valence-corrected chi connectivity index (χ0v) is 17.5. The average Bonchev–Trinajstić information content (AvgIpc) is 2.82. The summed E-state index contributed by atoms with van der Waals surface area (Å²) < 4.78 is 10.5. The van der Waals surface area contributed by atoms with Crippen molar-refractivity contribution in [1.82, 2.24) is 10.2 Å². The quantitative estimate of drug-likeness (QED) is 0.659. The third-order valence-corrected chi connectivity index (χ3v) is 5.12. The van der Waals surface area contributed by atoms with Crippen LogP contribution in [0.1, 0.15) is 30.4 Å². The molecular formula is C24H28N2O5. The highest BCUT2D eigenvalue weighted by atomic mass is 16.6. The highest BCUT2D eigenvalue weighted by Gasteiger charge is 2.25. The van der Waals surface area contributed by atoms with E-state index >= 15 is 0 Å². The molecule has 164 valence electrons. The Kier molecular flexibility index (Phi) is 8.46. The maximum absolute atomic E-state index is 12.7. The van der Waals surface area contributed by atoms with Crippen LogP contribution >= 0.6 is 0 Å². The van der Waals surface area contributed by atoms with E-state index < -0.39 is 18.1 Å². The first-order valence-electron chi connectivity index (χ1n) is 10.6. The van der Waals surface area contributed by atoms with Crippen molar-refractivity contribution in [3.63, 3.8) is 0 Å². The molecule has 1 aliphatic rings. The van der Waals surface area contributed by atoms with Crippen molar-refractivity contribution in [2.45, 2.75) is 38.3 Å². The third kappa shape index (κ3) is 7.44. The first-order valence-corrected chi connectivity index (χ1v) is 10.6. The van der Waals surface area contributed by atoms with E-state index in [1.54, 1.807) is 4.90 Å². The molecule has 0 bridgehead atoms. The Labute approximate surface area is 182 Å². The molecule has 2 aromatic rings. The maximum Gasteiger partial charge on any atom is 0.408 e. The van der Waals surface area contributed by atoms with E-state index in [9.17, 15) is 14.4 Å². The molecule has 1 saturated heterocycles. The lowest BCUT2D eigenvalue weighted by atomic mass is 10.1. The predicted molar refractivity (Wildman–Crippen MR) is 115 cm³/mol. The Bertz CT molecular complexity index is 851. The minimum absolute atomic E-state index is 0.0905. The Morgan fingerprint density at radius 1 is 0.839 bits per heavy atom. The number of carbonyl (C=O) groups excluding carboxylic acids is 3. The van der Waals surface area contributed by atoms with Gasteiger partial charge in [-0.15, -0.1) is 0 Å². The Morgan fingerprint density at radius 3 is 2.10 bits per heavy atom. The van der Waals surface area contributed by atoms with E-state index in [0.717, 1.165) is 30.4 Å². The van der Waals surface area contributed by atoms with Gasteiger partial charge in [-0.05, 0) is 30.4 Å². The predicted octanol–water partition coefficient (Wildman–Crippen LogP) is 3.08. The van der Waals surface area contributed by atoms with Crippen molar-refractivity contribution < 1.29 is 23.9 Å². The summed E-state index contributed by atoms with van der Waals surface area (Å²) in [6.45, 7) is 1.14. The molecule has 1 heterocycles. The van der Waals surface area contributed by atoms with Gasteiger partial charge in [-0.1, -0.05) is 60.7 Å². The second-order valence-electron chi connectivity index (χ2n) is 7.50. The standard InChI is InChI=1S/C24H28N2O5/c27-22(26-14-8-3-9-15-26)18-30-23(28)21(16-19-10-4-1-5-11-19)25-24(29)31-17-20-12-6-2-7-13-20/h1-2,4-7,10-13,21H,3,8-9,14-18H2,(H,25,29)/t21-/m0/s1. The molecule has 7 heteroatoms. The molecule has 0 radical (unpaired) electrons. The first-order chi connectivity index (χ1) is 15.1. The van der Waals surface area contributed by atoms with Crippen LogP contribution in [0.15, 0.2) is 60.7 Å². The summed E-state index contributed by atoms with van der Waals surface area (Å²) in [4.78, 5) is 39.0. The summed E-state index contributed by atoms with van der Waals surface area (Å²) in [6, 6.07) is 17.6. The molecule has 1 atom stereocenters. The maximum atomic E-state index is 12.7. The summed E-state index contributed by atoms with van der Waals surface area (Å²) >= 11 is 0. The Balaban J connectivity index is 1.56. The van der Waals surface area contributed by atoms with E-state index in [1.807, 2.05) is 60.7 Å². The fourth-order valence-corrected chi connectivity index (χ4v) is 3.42. The molecule has 0 spiro atoms. The zero-order chi connectivity index (χ0) is 21.9. The van der Waals surface area contributed by atoms with Crippen LogP contribution in [-0.2, 0) is 32.1 Å². The van der Waals surface area contributed by atoms with Gasteiger partial charge in [0.1, 0.15) is 12.6 Å². The SMILES string of the molecule is O=C(N[C@@H](Cc1ccccc1)C(=O)OCC(=O)N1CCCCC1)OCc1ccccc1. The van der Waals surface area contributed by atoms with Gasteiger partial charge in [-0.3, -0.25) is 4.79 Å². The number of ether oxygens (including phenoxy) is 2. The van der Waals surface area contributed by atoms with Crippen LogP contribution in [0, 0.1) is 0 Å². The number of nitrogens with zero attached hydrogens (tertiary/aromatic N) is 1. The fraction of sp³-hybridized carbons (Fsp3) is 0.375. The summed E-state index contributed by atoms with van der Waals surface area (Å²) in [5, 5.41) is 2.58. The molecule has 3 rings (SSSR count). The van der Waals surface area contributed by atoms with Gasteiger partial charge in [0.15, 0.2) is 6.61 Å². The number of likely N-dealkylation sites (tertiary alicyclic amines) is 1. The van der Waals surface area contributed by atoms with Gasteiger partial charge in [-0.25, -0.2) is 9.59 Å². The normalized spacial score (nSPS) is 14.4. The van der Waals surface area contributed by atoms with Gasteiger partial charge >= 0.3 is 12.1 Å². The highest BCUT2D eigenvalue weighted by Crippen LogP contribution is 2.10. The Hall–Kier alpha value is -3.35. The molecule has 0 aliphatic carbocycles. The van der Waals surface area contributed by atoms with Gasteiger partial charge in [-0.2, -0.15) is 0 Å². The number of nitrogens with one attached hydrogen (secondary N) is 1. The number of benzene rings is 2. The Morgan fingerprint density at radius 2 is 1.45 bits per heavy atom. The molecule has 1 fully saturated rings. The highest BCUT2D eigenvalue weighted by molar-refractivity contribution is 5.85. The lowest BCUT2D eigenvalue weighted by Gasteiger charge is -2.26. The van der Waals surface area contributed by atoms with E-state index in [2.05, 4.69) is 5.32 Å². The molecule has 31 heavy (non-hydrogen) atoms. The first kappa shape index (κ1) is 22.3. The zero-order valence-electron chi connectivity index (χ0n) is 17.5. The smallest absolute Gasteiger partial charge is 0.408 e. The van der Waals surface area contributed by atoms with E-state index in [1.165, 1.54) is 0 Å². The van der Waals surface area contributed by atoms with Crippen molar-refractivity contribution in [2.24, 2.45) is 0 Å². The fourth-order valence-electron chi connectivity index (χ4n) is 3.42. The van der Waals surface area contributed by atoms with Crippen molar-refractivity contribution >= 4 is 18.0 Å². The third-order valence-electron chi connectivity index (χ3n) is 5.12. The molecule has 0 unspecified atom stereocenters. The number of amides is 2. The van der Waals surface area contributed by atoms with Crippen LogP contribution in [0.3, 0.4) is 0 Å². The second kappa shape index (κ2) is 11.7. The molecule has 0 aromatic heterocycles. The van der Waals surface area contributed by atoms with Crippen LogP contribution in [0.2, 0.25) is 0 Å². The van der Waals surface area contributed by atoms with Gasteiger partial charge in [0, 0.05) is 19.5 Å². The number of esters is 1. The van der Waals surface area contributed by atoms with Gasteiger partial charge in [0.2, 0.25) is 0 Å². The monoisotopic (exact) mass is 424 g/mol. The minimum Gasteiger partial charge on any atom is -0.454 e. The summed E-state index contributed by atoms with van der Waals surface area (Å²) in [6.07, 6.45) is 2.55. The minimum atomic E-state index is -0.958. The summed E-state index contributed by atoms with van der Waals surface area (Å²) in [5.74, 6) is -0.871. The largest absolute Gasteiger partial charge is 0.454 e. The summed E-state index contributed by atoms with van der Waals surface area (Å²) in [7, 11) is 0. The van der Waals surface area contributed by atoms with Gasteiger partial charge < -0.3 is 19.7 Å². The number of alkyl carbamates (subject to hydrolysis) is 1. The van der Waals surface area contributed by atoms with E-state index in [0.29, 0.717) is 13.1 Å². The average molecular weight is 424 g/mol. The topological polar surface area (TPSA) is 84.9 Å². The molecule has 2 amide bonds. The molecule has 1 aliphatic heterocycles. The number of carbonyl (C=O) groups is 3. The van der Waals surface area contributed by atoms with Crippen LogP contribution in [0.25, 0.3) is 0 Å². The molecule has 0 saturated carbocycles. The van der Waals surface area contributed by atoms with Gasteiger partial charge in [0.05, 0.1) is 0 Å². The van der Waals surface area contributed by atoms with Crippen LogP contribution in [-0.4, -0.2) is 48.6 Å². The number of hydrogen-bond acceptors (Lipinski definition) is 5. The van der Waals surface area contributed by atoms with Crippen molar-refractivity contribution in [2.75, 3.05) is 19.7 Å². The van der Waals surface area contributed by atoms with E-state index in [4.69, 9.17) is 9.47 Å². The molecule has 1 N–H and O–H groups in total. The number of rotatable bonds is 8. The van der Waals surface area contributed by atoms with Crippen LogP contribution in [0.5, 0.6) is 0 Å². The van der Waals surface area contributed by atoms with Crippen molar-refractivity contribution in [1.29, 1.82) is 0 Å². The van der Waals surface area contributed by atoms with Crippen LogP contribution < -0.4 is 5.32 Å².